The summed E-state index contributed by atoms with van der Waals surface area (Å²) in [6.07, 6.45) is 0. The van der Waals surface area contributed by atoms with E-state index in [-0.39, 0.29) is 35.4 Å². The summed E-state index contributed by atoms with van der Waals surface area (Å²) >= 11 is 12.0. The Bertz CT molecular complexity index is 1470. The average molecular weight is 548 g/mol. The number of hydrogen-bond donors (Lipinski definition) is 1. The third-order valence-electron chi connectivity index (χ3n) is 5.57. The van der Waals surface area contributed by atoms with Crippen LogP contribution in [0.25, 0.3) is 0 Å². The summed E-state index contributed by atoms with van der Waals surface area (Å²) in [6.45, 7) is 1.86. The molecule has 0 bridgehead atoms. The van der Waals surface area contributed by atoms with Crippen LogP contribution in [0.3, 0.4) is 0 Å². The molecule has 192 valence electrons. The molecular weight excluding hydrogens is 525 g/mol. The van der Waals surface area contributed by atoms with Crippen LogP contribution in [0.4, 0.5) is 5.69 Å². The number of amides is 1. The quantitative estimate of drug-likeness (QED) is 0.168. The second-order valence-corrected chi connectivity index (χ2v) is 9.10. The Labute approximate surface area is 230 Å². The van der Waals surface area contributed by atoms with Gasteiger partial charge in [0.15, 0.2) is 11.6 Å². The molecule has 0 atom stereocenters. The molecule has 8 heteroatoms. The van der Waals surface area contributed by atoms with E-state index >= 15 is 0 Å². The molecule has 0 aliphatic rings. The minimum Gasteiger partial charge on any atom is -0.490 e. The van der Waals surface area contributed by atoms with Crippen molar-refractivity contribution in [3.05, 3.63) is 123 Å². The van der Waals surface area contributed by atoms with Gasteiger partial charge < -0.3 is 14.8 Å². The smallest absolute Gasteiger partial charge is 0.257 e. The first kappa shape index (κ1) is 26.9. The van der Waals surface area contributed by atoms with Crippen molar-refractivity contribution in [2.75, 3.05) is 18.5 Å². The first-order valence-corrected chi connectivity index (χ1v) is 12.4. The lowest BCUT2D eigenvalue weighted by molar-refractivity contribution is 0.101. The van der Waals surface area contributed by atoms with Gasteiger partial charge in [-0.2, -0.15) is 0 Å². The molecule has 0 spiro atoms. The number of nitrogens with one attached hydrogen (secondary N) is 1. The molecule has 1 N–H and O–H groups in total. The maximum absolute atomic E-state index is 12.7. The van der Waals surface area contributed by atoms with Crippen molar-refractivity contribution in [1.82, 2.24) is 0 Å². The van der Waals surface area contributed by atoms with Crippen LogP contribution in [0.2, 0.25) is 10.0 Å². The molecule has 0 saturated heterocycles. The van der Waals surface area contributed by atoms with E-state index in [9.17, 15) is 14.4 Å². The Kier molecular flexibility index (Phi) is 8.79. The van der Waals surface area contributed by atoms with E-state index in [1.54, 1.807) is 60.7 Å². The van der Waals surface area contributed by atoms with Gasteiger partial charge in [0.25, 0.3) is 5.91 Å². The Morgan fingerprint density at radius 2 is 1.34 bits per heavy atom. The van der Waals surface area contributed by atoms with Crippen molar-refractivity contribution in [2.24, 2.45) is 0 Å². The molecule has 0 aliphatic carbocycles. The minimum absolute atomic E-state index is 0.0577. The molecule has 6 nitrogen and oxygen atoms in total. The van der Waals surface area contributed by atoms with Crippen molar-refractivity contribution >= 4 is 46.4 Å². The Morgan fingerprint density at radius 3 is 2.00 bits per heavy atom. The Hall–Kier alpha value is -4.13. The van der Waals surface area contributed by atoms with Crippen molar-refractivity contribution in [3.8, 4) is 11.5 Å². The molecule has 0 unspecified atom stereocenters. The van der Waals surface area contributed by atoms with E-state index in [0.29, 0.717) is 38.9 Å². The van der Waals surface area contributed by atoms with Gasteiger partial charge in [-0.05, 0) is 67.6 Å². The maximum Gasteiger partial charge on any atom is 0.257 e. The summed E-state index contributed by atoms with van der Waals surface area (Å²) in [7, 11) is 0. The highest BCUT2D eigenvalue weighted by Gasteiger charge is 2.16. The molecule has 0 saturated carbocycles. The molecule has 0 aliphatic heterocycles. The first-order chi connectivity index (χ1) is 18.3. The van der Waals surface area contributed by atoms with Gasteiger partial charge in [0, 0.05) is 21.7 Å². The number of ketones is 2. The van der Waals surface area contributed by atoms with Gasteiger partial charge in [-0.3, -0.25) is 14.4 Å². The number of anilines is 1. The van der Waals surface area contributed by atoms with Gasteiger partial charge in [0.2, 0.25) is 0 Å². The zero-order valence-corrected chi connectivity index (χ0v) is 21.9. The second-order valence-electron chi connectivity index (χ2n) is 8.26. The molecule has 4 aromatic rings. The fourth-order valence-corrected chi connectivity index (χ4v) is 4.15. The van der Waals surface area contributed by atoms with E-state index in [4.69, 9.17) is 32.7 Å². The molecule has 4 rings (SSSR count). The molecule has 0 aromatic heterocycles. The number of ether oxygens (including phenoxy) is 2. The predicted molar refractivity (Wildman–Crippen MR) is 148 cm³/mol. The molecule has 0 heterocycles. The third-order valence-corrected chi connectivity index (χ3v) is 6.12. The van der Waals surface area contributed by atoms with Crippen LogP contribution in [0, 0.1) is 0 Å². The van der Waals surface area contributed by atoms with Crippen LogP contribution in [0.1, 0.15) is 43.6 Å². The zero-order valence-electron chi connectivity index (χ0n) is 20.4. The number of carbonyl (C=O) groups is 3. The van der Waals surface area contributed by atoms with Crippen LogP contribution >= 0.6 is 23.2 Å². The summed E-state index contributed by atoms with van der Waals surface area (Å²) in [5.74, 6) is 0.284. The molecule has 1 amide bonds. The van der Waals surface area contributed by atoms with E-state index in [1.165, 1.54) is 19.1 Å². The van der Waals surface area contributed by atoms with Gasteiger partial charge in [0.05, 0.1) is 16.3 Å². The lowest BCUT2D eigenvalue weighted by Gasteiger charge is -2.13. The molecule has 38 heavy (non-hydrogen) atoms. The van der Waals surface area contributed by atoms with Crippen molar-refractivity contribution in [3.63, 3.8) is 0 Å². The van der Waals surface area contributed by atoms with Crippen molar-refractivity contribution < 1.29 is 23.9 Å². The third kappa shape index (κ3) is 6.79. The summed E-state index contributed by atoms with van der Waals surface area (Å²) in [5, 5.41) is 3.33. The van der Waals surface area contributed by atoms with E-state index < -0.39 is 5.91 Å². The average Bonchev–Trinajstić information content (AvgIpc) is 2.92. The number of carbonyl (C=O) groups excluding carboxylic acids is 3. The maximum atomic E-state index is 12.7. The highest BCUT2D eigenvalue weighted by Crippen LogP contribution is 2.26. The summed E-state index contributed by atoms with van der Waals surface area (Å²) < 4.78 is 11.4. The number of rotatable bonds is 10. The van der Waals surface area contributed by atoms with Crippen molar-refractivity contribution in [1.29, 1.82) is 0 Å². The standard InChI is InChI=1S/C30H23Cl2NO5/c1-19(34)26-18-24(12-14-28(26)33-30(36)25-13-9-22(31)17-27(25)32)38-16-15-37-23-10-7-21(8-11-23)29(35)20-5-3-2-4-6-20/h2-14,17-18H,15-16H2,1H3,(H,33,36). The van der Waals surface area contributed by atoms with E-state index in [1.807, 2.05) is 18.2 Å². The van der Waals surface area contributed by atoms with E-state index in [2.05, 4.69) is 5.32 Å². The SMILES string of the molecule is CC(=O)c1cc(OCCOc2ccc(C(=O)c3ccccc3)cc2)ccc1NC(=O)c1ccc(Cl)cc1Cl. The fourth-order valence-electron chi connectivity index (χ4n) is 3.65. The Morgan fingerprint density at radius 1 is 0.711 bits per heavy atom. The van der Waals surface area contributed by atoms with Gasteiger partial charge in [-0.1, -0.05) is 53.5 Å². The monoisotopic (exact) mass is 547 g/mol. The molecule has 0 fully saturated rings. The summed E-state index contributed by atoms with van der Waals surface area (Å²) in [6, 6.07) is 25.3. The van der Waals surface area contributed by atoms with Crippen LogP contribution in [0.15, 0.2) is 91.0 Å². The summed E-state index contributed by atoms with van der Waals surface area (Å²) in [5.41, 5.74) is 2.06. The number of benzene rings is 4. The lowest BCUT2D eigenvalue weighted by Crippen LogP contribution is -2.15. The first-order valence-electron chi connectivity index (χ1n) is 11.7. The largest absolute Gasteiger partial charge is 0.490 e. The van der Waals surface area contributed by atoms with Gasteiger partial charge in [-0.15, -0.1) is 0 Å². The van der Waals surface area contributed by atoms with Gasteiger partial charge in [0.1, 0.15) is 24.7 Å². The normalized spacial score (nSPS) is 10.5. The van der Waals surface area contributed by atoms with Gasteiger partial charge >= 0.3 is 0 Å². The molecular formula is C30H23Cl2NO5. The lowest BCUT2D eigenvalue weighted by atomic mass is 10.0. The van der Waals surface area contributed by atoms with Crippen LogP contribution < -0.4 is 14.8 Å². The predicted octanol–water partition coefficient (Wildman–Crippen LogP) is 7.14. The van der Waals surface area contributed by atoms with Crippen LogP contribution in [-0.2, 0) is 0 Å². The number of halogens is 2. The Balaban J connectivity index is 1.32. The van der Waals surface area contributed by atoms with E-state index in [0.717, 1.165) is 0 Å². The summed E-state index contributed by atoms with van der Waals surface area (Å²) in [4.78, 5) is 37.4. The van der Waals surface area contributed by atoms with Crippen LogP contribution in [0.5, 0.6) is 11.5 Å². The number of Topliss-reactive ketones (excluding diaryl/α,β-unsaturated/α-hetero) is 1. The molecule has 0 radical (unpaired) electrons. The highest BCUT2D eigenvalue weighted by atomic mass is 35.5. The van der Waals surface area contributed by atoms with Gasteiger partial charge in [-0.25, -0.2) is 0 Å². The van der Waals surface area contributed by atoms with Crippen LogP contribution in [-0.4, -0.2) is 30.7 Å². The fraction of sp³-hybridized carbons (Fsp3) is 0.100. The molecule has 4 aromatic carbocycles. The second kappa shape index (κ2) is 12.4. The number of hydrogen-bond acceptors (Lipinski definition) is 5. The zero-order chi connectivity index (χ0) is 27.1. The van der Waals surface area contributed by atoms with Crippen molar-refractivity contribution in [2.45, 2.75) is 6.92 Å². The topological polar surface area (TPSA) is 81.7 Å². The highest BCUT2D eigenvalue weighted by molar-refractivity contribution is 6.37. The minimum atomic E-state index is -0.465.